The van der Waals surface area contributed by atoms with Gasteiger partial charge in [0.05, 0.1) is 5.69 Å². The van der Waals surface area contributed by atoms with Crippen LogP contribution in [0.25, 0.3) is 0 Å². The monoisotopic (exact) mass is 222 g/mol. The molecular formula is C11H18N4O. The molecule has 0 spiro atoms. The molecule has 5 heteroatoms. The van der Waals surface area contributed by atoms with E-state index in [0.29, 0.717) is 6.42 Å². The number of hydrogen-bond donors (Lipinski definition) is 2. The van der Waals surface area contributed by atoms with Gasteiger partial charge in [0, 0.05) is 25.7 Å². The van der Waals surface area contributed by atoms with Crippen LogP contribution < -0.4 is 5.73 Å². The quantitative estimate of drug-likeness (QED) is 0.337. The molecule has 1 rings (SSSR count). The van der Waals surface area contributed by atoms with Gasteiger partial charge in [0.15, 0.2) is 0 Å². The molecular weight excluding hydrogens is 204 g/mol. The highest BCUT2D eigenvalue weighted by Crippen LogP contribution is 2.06. The van der Waals surface area contributed by atoms with Crippen LogP contribution >= 0.6 is 0 Å². The summed E-state index contributed by atoms with van der Waals surface area (Å²) >= 11 is 0. The van der Waals surface area contributed by atoms with E-state index in [1.807, 2.05) is 26.1 Å². The Morgan fingerprint density at radius 2 is 2.38 bits per heavy atom. The summed E-state index contributed by atoms with van der Waals surface area (Å²) in [5.74, 6) is 0.254. The fourth-order valence-corrected chi connectivity index (χ4v) is 1.37. The Kier molecular flexibility index (Phi) is 4.72. The SMILES string of the molecule is Cc1cccnc1CN(C)CC/C(N)=N/O. The highest BCUT2D eigenvalue weighted by atomic mass is 16.4. The maximum atomic E-state index is 8.41. The van der Waals surface area contributed by atoms with Crippen molar-refractivity contribution in [1.29, 1.82) is 0 Å². The molecule has 5 nitrogen and oxygen atoms in total. The molecule has 0 aliphatic rings. The van der Waals surface area contributed by atoms with E-state index in [-0.39, 0.29) is 5.84 Å². The average Bonchev–Trinajstić information content (AvgIpc) is 2.29. The molecule has 0 aromatic carbocycles. The summed E-state index contributed by atoms with van der Waals surface area (Å²) in [6.07, 6.45) is 2.35. The summed E-state index contributed by atoms with van der Waals surface area (Å²) < 4.78 is 0. The molecule has 3 N–H and O–H groups in total. The second-order valence-corrected chi connectivity index (χ2v) is 3.85. The number of hydrogen-bond acceptors (Lipinski definition) is 4. The molecule has 88 valence electrons. The zero-order chi connectivity index (χ0) is 12.0. The first kappa shape index (κ1) is 12.4. The number of aryl methyl sites for hydroxylation is 1. The molecule has 0 aliphatic heterocycles. The van der Waals surface area contributed by atoms with Crippen LogP contribution in [-0.4, -0.2) is 34.5 Å². The molecule has 0 saturated carbocycles. The summed E-state index contributed by atoms with van der Waals surface area (Å²) in [5.41, 5.74) is 7.64. The molecule has 0 saturated heterocycles. The van der Waals surface area contributed by atoms with Crippen molar-refractivity contribution in [2.75, 3.05) is 13.6 Å². The molecule has 1 aromatic heterocycles. The van der Waals surface area contributed by atoms with Gasteiger partial charge in [-0.3, -0.25) is 4.98 Å². The van der Waals surface area contributed by atoms with E-state index in [1.54, 1.807) is 6.20 Å². The summed E-state index contributed by atoms with van der Waals surface area (Å²) in [6, 6.07) is 3.97. The first-order chi connectivity index (χ1) is 7.63. The normalized spacial score (nSPS) is 12.1. The molecule has 0 radical (unpaired) electrons. The molecule has 0 amide bonds. The molecule has 0 bridgehead atoms. The van der Waals surface area contributed by atoms with E-state index in [4.69, 9.17) is 10.9 Å². The third kappa shape index (κ3) is 3.86. The summed E-state index contributed by atoms with van der Waals surface area (Å²) in [5, 5.41) is 11.4. The van der Waals surface area contributed by atoms with E-state index < -0.39 is 0 Å². The third-order valence-electron chi connectivity index (χ3n) is 2.42. The van der Waals surface area contributed by atoms with Crippen LogP contribution in [0.1, 0.15) is 17.7 Å². The first-order valence-corrected chi connectivity index (χ1v) is 5.19. The van der Waals surface area contributed by atoms with Crippen molar-refractivity contribution in [3.8, 4) is 0 Å². The lowest BCUT2D eigenvalue weighted by Gasteiger charge is -2.16. The van der Waals surface area contributed by atoms with Gasteiger partial charge in [-0.25, -0.2) is 0 Å². The van der Waals surface area contributed by atoms with Gasteiger partial charge >= 0.3 is 0 Å². The molecule has 0 atom stereocenters. The number of aromatic nitrogens is 1. The predicted octanol–water partition coefficient (Wildman–Crippen LogP) is 0.958. The summed E-state index contributed by atoms with van der Waals surface area (Å²) in [6.45, 7) is 3.55. The van der Waals surface area contributed by atoms with Gasteiger partial charge in [-0.1, -0.05) is 11.2 Å². The lowest BCUT2D eigenvalue weighted by Crippen LogP contribution is -2.25. The first-order valence-electron chi connectivity index (χ1n) is 5.19. The Morgan fingerprint density at radius 1 is 1.62 bits per heavy atom. The van der Waals surface area contributed by atoms with Crippen molar-refractivity contribution in [3.05, 3.63) is 29.6 Å². The van der Waals surface area contributed by atoms with Crippen molar-refractivity contribution in [1.82, 2.24) is 9.88 Å². The number of amidine groups is 1. The Morgan fingerprint density at radius 3 is 3.00 bits per heavy atom. The van der Waals surface area contributed by atoms with Crippen LogP contribution in [0.5, 0.6) is 0 Å². The Labute approximate surface area is 95.6 Å². The number of rotatable bonds is 5. The minimum atomic E-state index is 0.254. The lowest BCUT2D eigenvalue weighted by molar-refractivity contribution is 0.308. The fourth-order valence-electron chi connectivity index (χ4n) is 1.37. The third-order valence-corrected chi connectivity index (χ3v) is 2.42. The second kappa shape index (κ2) is 6.07. The van der Waals surface area contributed by atoms with Crippen LogP contribution in [0.15, 0.2) is 23.5 Å². The zero-order valence-corrected chi connectivity index (χ0v) is 9.72. The van der Waals surface area contributed by atoms with E-state index in [9.17, 15) is 0 Å². The van der Waals surface area contributed by atoms with Crippen molar-refractivity contribution in [3.63, 3.8) is 0 Å². The fraction of sp³-hybridized carbons (Fsp3) is 0.455. The maximum Gasteiger partial charge on any atom is 0.140 e. The smallest absolute Gasteiger partial charge is 0.140 e. The molecule has 1 heterocycles. The predicted molar refractivity (Wildman–Crippen MR) is 63.3 cm³/mol. The largest absolute Gasteiger partial charge is 0.409 e. The number of nitrogens with zero attached hydrogens (tertiary/aromatic N) is 3. The van der Waals surface area contributed by atoms with Crippen LogP contribution in [0.2, 0.25) is 0 Å². The van der Waals surface area contributed by atoms with Crippen molar-refractivity contribution >= 4 is 5.84 Å². The van der Waals surface area contributed by atoms with Crippen LogP contribution in [0, 0.1) is 6.92 Å². The van der Waals surface area contributed by atoms with E-state index in [2.05, 4.69) is 15.0 Å². The van der Waals surface area contributed by atoms with Crippen molar-refractivity contribution in [2.45, 2.75) is 19.9 Å². The molecule has 1 aromatic rings. The highest BCUT2D eigenvalue weighted by Gasteiger charge is 2.04. The number of oxime groups is 1. The van der Waals surface area contributed by atoms with Crippen LogP contribution in [-0.2, 0) is 6.54 Å². The summed E-state index contributed by atoms with van der Waals surface area (Å²) in [7, 11) is 1.98. The molecule has 0 fully saturated rings. The second-order valence-electron chi connectivity index (χ2n) is 3.85. The van der Waals surface area contributed by atoms with Gasteiger partial charge < -0.3 is 15.8 Å². The summed E-state index contributed by atoms with van der Waals surface area (Å²) in [4.78, 5) is 6.40. The van der Waals surface area contributed by atoms with Gasteiger partial charge in [0.2, 0.25) is 0 Å². The number of pyridine rings is 1. The van der Waals surface area contributed by atoms with Crippen molar-refractivity contribution in [2.24, 2.45) is 10.9 Å². The van der Waals surface area contributed by atoms with Gasteiger partial charge in [-0.2, -0.15) is 0 Å². The molecule has 0 unspecified atom stereocenters. The van der Waals surface area contributed by atoms with Gasteiger partial charge in [-0.05, 0) is 25.6 Å². The number of nitrogens with two attached hydrogens (primary N) is 1. The minimum absolute atomic E-state index is 0.254. The standard InChI is InChI=1S/C11H18N4O/c1-9-4-3-6-13-10(9)8-15(2)7-5-11(12)14-16/h3-4,6,16H,5,7-8H2,1-2H3,(H2,12,14). The van der Waals surface area contributed by atoms with Crippen molar-refractivity contribution < 1.29 is 5.21 Å². The minimum Gasteiger partial charge on any atom is -0.409 e. The zero-order valence-electron chi connectivity index (χ0n) is 9.72. The van der Waals surface area contributed by atoms with Gasteiger partial charge in [-0.15, -0.1) is 0 Å². The lowest BCUT2D eigenvalue weighted by atomic mass is 10.2. The van der Waals surface area contributed by atoms with E-state index >= 15 is 0 Å². The van der Waals surface area contributed by atoms with Gasteiger partial charge in [0.1, 0.15) is 5.84 Å². The molecule has 0 aliphatic carbocycles. The highest BCUT2D eigenvalue weighted by molar-refractivity contribution is 5.79. The van der Waals surface area contributed by atoms with Gasteiger partial charge in [0.25, 0.3) is 0 Å². The average molecular weight is 222 g/mol. The van der Waals surface area contributed by atoms with E-state index in [0.717, 1.165) is 18.8 Å². The Balaban J connectivity index is 2.46. The van der Waals surface area contributed by atoms with Crippen LogP contribution in [0.3, 0.4) is 0 Å². The topological polar surface area (TPSA) is 74.7 Å². The van der Waals surface area contributed by atoms with Crippen LogP contribution in [0.4, 0.5) is 0 Å². The maximum absolute atomic E-state index is 8.41. The van der Waals surface area contributed by atoms with E-state index in [1.165, 1.54) is 5.56 Å². The molecule has 16 heavy (non-hydrogen) atoms. The Bertz CT molecular complexity index is 365. The Hall–Kier alpha value is -1.62.